The minimum absolute atomic E-state index is 0.196. The van der Waals surface area contributed by atoms with E-state index in [2.05, 4.69) is 31.2 Å². The Labute approximate surface area is 97.1 Å². The Hall–Kier alpha value is -0.900. The van der Waals surface area contributed by atoms with Crippen molar-refractivity contribution in [3.63, 3.8) is 0 Å². The molecule has 1 unspecified atom stereocenters. The van der Waals surface area contributed by atoms with Gasteiger partial charge in [-0.05, 0) is 30.9 Å². The molecule has 3 nitrogen and oxygen atoms in total. The lowest BCUT2D eigenvalue weighted by atomic mass is 10.0. The van der Waals surface area contributed by atoms with Crippen LogP contribution in [0, 0.1) is 6.92 Å². The number of nitrogens with zero attached hydrogens (tertiary/aromatic N) is 1. The molecule has 1 heterocycles. The molecule has 1 atom stereocenters. The van der Waals surface area contributed by atoms with Crippen molar-refractivity contribution in [2.75, 3.05) is 19.7 Å². The average Bonchev–Trinajstić information content (AvgIpc) is 2.34. The van der Waals surface area contributed by atoms with E-state index in [0.717, 1.165) is 19.6 Å². The molecule has 0 amide bonds. The van der Waals surface area contributed by atoms with Gasteiger partial charge in [0, 0.05) is 13.1 Å². The van der Waals surface area contributed by atoms with E-state index in [1.807, 2.05) is 5.06 Å². The van der Waals surface area contributed by atoms with Crippen LogP contribution in [0.5, 0.6) is 0 Å². The normalized spacial score (nSPS) is 19.6. The SMILES string of the molecule is Cc1ccccc1C(CN)N1CCCCO1. The zero-order valence-electron chi connectivity index (χ0n) is 9.86. The molecule has 1 aromatic rings. The molecule has 1 fully saturated rings. The molecule has 0 radical (unpaired) electrons. The van der Waals surface area contributed by atoms with Crippen LogP contribution in [0.25, 0.3) is 0 Å². The summed E-state index contributed by atoms with van der Waals surface area (Å²) in [5.74, 6) is 0. The van der Waals surface area contributed by atoms with Crippen LogP contribution in [-0.2, 0) is 4.84 Å². The Morgan fingerprint density at radius 1 is 1.38 bits per heavy atom. The van der Waals surface area contributed by atoms with Crippen LogP contribution < -0.4 is 5.73 Å². The van der Waals surface area contributed by atoms with Crippen molar-refractivity contribution in [3.8, 4) is 0 Å². The van der Waals surface area contributed by atoms with Crippen LogP contribution in [0.1, 0.15) is 30.0 Å². The minimum Gasteiger partial charge on any atom is -0.329 e. The Kier molecular flexibility index (Phi) is 3.93. The van der Waals surface area contributed by atoms with Gasteiger partial charge in [0.2, 0.25) is 0 Å². The first-order valence-electron chi connectivity index (χ1n) is 5.98. The molecule has 1 saturated heterocycles. The van der Waals surface area contributed by atoms with Crippen molar-refractivity contribution in [1.82, 2.24) is 5.06 Å². The van der Waals surface area contributed by atoms with E-state index < -0.39 is 0 Å². The van der Waals surface area contributed by atoms with Gasteiger partial charge in [0.05, 0.1) is 12.6 Å². The largest absolute Gasteiger partial charge is 0.329 e. The molecule has 0 saturated carbocycles. The van der Waals surface area contributed by atoms with Crippen LogP contribution >= 0.6 is 0 Å². The standard InChI is InChI=1S/C13H20N2O/c1-11-6-2-3-7-12(11)13(10-14)15-8-4-5-9-16-15/h2-3,6-7,13H,4-5,8-10,14H2,1H3. The second-order valence-corrected chi connectivity index (χ2v) is 4.29. The third kappa shape index (κ3) is 2.43. The van der Waals surface area contributed by atoms with Gasteiger partial charge in [0.1, 0.15) is 0 Å². The predicted molar refractivity (Wildman–Crippen MR) is 64.9 cm³/mol. The van der Waals surface area contributed by atoms with E-state index >= 15 is 0 Å². The maximum Gasteiger partial charge on any atom is 0.0726 e. The van der Waals surface area contributed by atoms with Gasteiger partial charge in [0.15, 0.2) is 0 Å². The molecule has 0 aromatic heterocycles. The maximum atomic E-state index is 5.88. The molecule has 0 bridgehead atoms. The Bertz CT molecular complexity index is 334. The summed E-state index contributed by atoms with van der Waals surface area (Å²) in [5, 5.41) is 2.05. The topological polar surface area (TPSA) is 38.5 Å². The van der Waals surface area contributed by atoms with E-state index in [4.69, 9.17) is 10.6 Å². The molecule has 0 aliphatic carbocycles. The smallest absolute Gasteiger partial charge is 0.0726 e. The highest BCUT2D eigenvalue weighted by Crippen LogP contribution is 2.25. The summed E-state index contributed by atoms with van der Waals surface area (Å²) in [6, 6.07) is 8.59. The van der Waals surface area contributed by atoms with Crippen LogP contribution in [0.15, 0.2) is 24.3 Å². The summed E-state index contributed by atoms with van der Waals surface area (Å²) < 4.78 is 0. The van der Waals surface area contributed by atoms with E-state index in [0.29, 0.717) is 6.54 Å². The van der Waals surface area contributed by atoms with Gasteiger partial charge in [-0.3, -0.25) is 4.84 Å². The van der Waals surface area contributed by atoms with Gasteiger partial charge in [-0.1, -0.05) is 24.3 Å². The molecule has 16 heavy (non-hydrogen) atoms. The van der Waals surface area contributed by atoms with Crippen molar-refractivity contribution in [3.05, 3.63) is 35.4 Å². The second kappa shape index (κ2) is 5.43. The van der Waals surface area contributed by atoms with Crippen molar-refractivity contribution in [2.45, 2.75) is 25.8 Å². The number of hydrogen-bond donors (Lipinski definition) is 1. The zero-order chi connectivity index (χ0) is 11.4. The summed E-state index contributed by atoms with van der Waals surface area (Å²) in [5.41, 5.74) is 8.45. The van der Waals surface area contributed by atoms with E-state index in [1.165, 1.54) is 17.5 Å². The van der Waals surface area contributed by atoms with Gasteiger partial charge in [-0.15, -0.1) is 0 Å². The molecule has 1 aliphatic heterocycles. The third-order valence-electron chi connectivity index (χ3n) is 3.15. The lowest BCUT2D eigenvalue weighted by Gasteiger charge is -2.33. The Balaban J connectivity index is 2.18. The quantitative estimate of drug-likeness (QED) is 0.847. The van der Waals surface area contributed by atoms with Gasteiger partial charge in [-0.2, -0.15) is 5.06 Å². The highest BCUT2D eigenvalue weighted by atomic mass is 16.7. The lowest BCUT2D eigenvalue weighted by molar-refractivity contribution is -0.206. The number of hydroxylamine groups is 2. The van der Waals surface area contributed by atoms with E-state index in [-0.39, 0.29) is 6.04 Å². The lowest BCUT2D eigenvalue weighted by Crippen LogP contribution is -2.37. The fourth-order valence-corrected chi connectivity index (χ4v) is 2.22. The first kappa shape index (κ1) is 11.6. The number of hydrogen-bond acceptors (Lipinski definition) is 3. The van der Waals surface area contributed by atoms with Gasteiger partial charge < -0.3 is 5.73 Å². The number of benzene rings is 1. The van der Waals surface area contributed by atoms with Crippen molar-refractivity contribution < 1.29 is 4.84 Å². The van der Waals surface area contributed by atoms with Gasteiger partial charge in [-0.25, -0.2) is 0 Å². The molecule has 2 rings (SSSR count). The zero-order valence-corrected chi connectivity index (χ0v) is 9.86. The van der Waals surface area contributed by atoms with Gasteiger partial charge in [0.25, 0.3) is 0 Å². The van der Waals surface area contributed by atoms with Crippen molar-refractivity contribution in [2.24, 2.45) is 5.73 Å². The van der Waals surface area contributed by atoms with E-state index in [9.17, 15) is 0 Å². The number of rotatable bonds is 3. The second-order valence-electron chi connectivity index (χ2n) is 4.29. The number of aryl methyl sites for hydroxylation is 1. The van der Waals surface area contributed by atoms with Gasteiger partial charge >= 0.3 is 0 Å². The maximum absolute atomic E-state index is 5.88. The highest BCUT2D eigenvalue weighted by Gasteiger charge is 2.23. The van der Waals surface area contributed by atoms with Crippen LogP contribution in [0.3, 0.4) is 0 Å². The van der Waals surface area contributed by atoms with Crippen LogP contribution in [-0.4, -0.2) is 24.8 Å². The Morgan fingerprint density at radius 2 is 2.19 bits per heavy atom. The number of nitrogens with two attached hydrogens (primary N) is 1. The minimum atomic E-state index is 0.196. The monoisotopic (exact) mass is 220 g/mol. The molecule has 88 valence electrons. The molecule has 3 heteroatoms. The van der Waals surface area contributed by atoms with Crippen molar-refractivity contribution in [1.29, 1.82) is 0 Å². The fraction of sp³-hybridized carbons (Fsp3) is 0.538. The fourth-order valence-electron chi connectivity index (χ4n) is 2.22. The molecule has 1 aliphatic rings. The van der Waals surface area contributed by atoms with Crippen LogP contribution in [0.2, 0.25) is 0 Å². The van der Waals surface area contributed by atoms with Crippen molar-refractivity contribution >= 4 is 0 Å². The van der Waals surface area contributed by atoms with Crippen LogP contribution in [0.4, 0.5) is 0 Å². The first-order valence-corrected chi connectivity index (χ1v) is 5.98. The molecule has 2 N–H and O–H groups in total. The Morgan fingerprint density at radius 3 is 2.81 bits per heavy atom. The molecule has 0 spiro atoms. The van der Waals surface area contributed by atoms with E-state index in [1.54, 1.807) is 0 Å². The highest BCUT2D eigenvalue weighted by molar-refractivity contribution is 5.28. The summed E-state index contributed by atoms with van der Waals surface area (Å²) in [4.78, 5) is 5.69. The predicted octanol–water partition coefficient (Wildman–Crippen LogP) is 2.02. The summed E-state index contributed by atoms with van der Waals surface area (Å²) >= 11 is 0. The summed E-state index contributed by atoms with van der Waals surface area (Å²) in [6.45, 7) is 4.53. The first-order chi connectivity index (χ1) is 7.83. The molecular formula is C13H20N2O. The summed E-state index contributed by atoms with van der Waals surface area (Å²) in [7, 11) is 0. The molecular weight excluding hydrogens is 200 g/mol. The average molecular weight is 220 g/mol. The summed E-state index contributed by atoms with van der Waals surface area (Å²) in [6.07, 6.45) is 2.35. The third-order valence-corrected chi connectivity index (χ3v) is 3.15. The molecule has 1 aromatic carbocycles.